The van der Waals surface area contributed by atoms with Crippen LogP contribution in [0.15, 0.2) is 18.2 Å². The number of carboxylic acid groups (broad SMARTS) is 1. The van der Waals surface area contributed by atoms with Crippen molar-refractivity contribution in [2.45, 2.75) is 32.4 Å². The standard InChI is InChI=1S/C13H18N2O5/c1-3-13(2,8-16)14-7-9-5-4-6-10(15(19)20)11(9)12(17)18/h4-6,14,16H,3,7-8H2,1-2H3,(H,17,18). The number of benzene rings is 1. The molecule has 0 amide bonds. The average Bonchev–Trinajstić information content (AvgIpc) is 2.44. The van der Waals surface area contributed by atoms with Crippen LogP contribution >= 0.6 is 0 Å². The summed E-state index contributed by atoms with van der Waals surface area (Å²) in [6, 6.07) is 4.14. The number of hydrogen-bond acceptors (Lipinski definition) is 5. The van der Waals surface area contributed by atoms with E-state index in [2.05, 4.69) is 5.32 Å². The molecule has 0 fully saturated rings. The number of nitrogens with one attached hydrogen (secondary N) is 1. The monoisotopic (exact) mass is 282 g/mol. The summed E-state index contributed by atoms with van der Waals surface area (Å²) < 4.78 is 0. The molecule has 0 aliphatic heterocycles. The van der Waals surface area contributed by atoms with Crippen LogP contribution in [0.4, 0.5) is 5.69 Å². The van der Waals surface area contributed by atoms with E-state index >= 15 is 0 Å². The molecule has 1 aromatic rings. The molecule has 110 valence electrons. The lowest BCUT2D eigenvalue weighted by Crippen LogP contribution is -2.44. The summed E-state index contributed by atoms with van der Waals surface area (Å²) in [4.78, 5) is 21.4. The lowest BCUT2D eigenvalue weighted by Gasteiger charge is -2.27. The van der Waals surface area contributed by atoms with Gasteiger partial charge < -0.3 is 15.5 Å². The summed E-state index contributed by atoms with van der Waals surface area (Å²) in [5, 5.41) is 32.4. The summed E-state index contributed by atoms with van der Waals surface area (Å²) in [7, 11) is 0. The number of hydrogen-bond donors (Lipinski definition) is 3. The van der Waals surface area contributed by atoms with Gasteiger partial charge in [-0.3, -0.25) is 10.1 Å². The van der Waals surface area contributed by atoms with Gasteiger partial charge in [-0.15, -0.1) is 0 Å². The Morgan fingerprint density at radius 1 is 1.50 bits per heavy atom. The second kappa shape index (κ2) is 6.44. The van der Waals surface area contributed by atoms with Gasteiger partial charge in [-0.1, -0.05) is 19.1 Å². The van der Waals surface area contributed by atoms with Crippen molar-refractivity contribution < 1.29 is 19.9 Å². The molecule has 0 saturated carbocycles. The Balaban J connectivity index is 3.10. The van der Waals surface area contributed by atoms with Crippen molar-refractivity contribution in [1.82, 2.24) is 5.32 Å². The van der Waals surface area contributed by atoms with E-state index in [9.17, 15) is 20.0 Å². The molecule has 0 saturated heterocycles. The number of aromatic carboxylic acids is 1. The topological polar surface area (TPSA) is 113 Å². The third kappa shape index (κ3) is 3.52. The van der Waals surface area contributed by atoms with Gasteiger partial charge in [0.05, 0.1) is 11.5 Å². The number of aliphatic hydroxyl groups is 1. The molecule has 3 N–H and O–H groups in total. The van der Waals surface area contributed by atoms with Gasteiger partial charge in [0, 0.05) is 18.2 Å². The van der Waals surface area contributed by atoms with Gasteiger partial charge in [0.2, 0.25) is 0 Å². The number of nitrogens with zero attached hydrogens (tertiary/aromatic N) is 1. The van der Waals surface area contributed by atoms with Gasteiger partial charge in [-0.2, -0.15) is 0 Å². The number of nitro groups is 1. The molecule has 0 aliphatic carbocycles. The molecular formula is C13H18N2O5. The third-order valence-electron chi connectivity index (χ3n) is 3.37. The summed E-state index contributed by atoms with van der Waals surface area (Å²) in [5.41, 5.74) is -0.986. The SMILES string of the molecule is CCC(C)(CO)NCc1cccc([N+](=O)[O-])c1C(=O)O. The van der Waals surface area contributed by atoms with Crippen molar-refractivity contribution in [2.75, 3.05) is 6.61 Å². The minimum atomic E-state index is -1.34. The fraction of sp³-hybridized carbons (Fsp3) is 0.462. The lowest BCUT2D eigenvalue weighted by atomic mass is 9.98. The third-order valence-corrected chi connectivity index (χ3v) is 3.37. The zero-order valence-corrected chi connectivity index (χ0v) is 11.4. The largest absolute Gasteiger partial charge is 0.477 e. The van der Waals surface area contributed by atoms with Gasteiger partial charge in [-0.05, 0) is 18.9 Å². The summed E-state index contributed by atoms with van der Waals surface area (Å²) in [6.07, 6.45) is 0.640. The first-order valence-corrected chi connectivity index (χ1v) is 6.20. The highest BCUT2D eigenvalue weighted by molar-refractivity contribution is 5.94. The van der Waals surface area contributed by atoms with E-state index in [0.29, 0.717) is 12.0 Å². The molecule has 20 heavy (non-hydrogen) atoms. The summed E-state index contributed by atoms with van der Waals surface area (Å²) in [5.74, 6) is -1.34. The molecule has 0 aromatic heterocycles. The van der Waals surface area contributed by atoms with Crippen molar-refractivity contribution in [3.8, 4) is 0 Å². The fourth-order valence-electron chi connectivity index (χ4n) is 1.73. The Kier molecular flexibility index (Phi) is 5.18. The van der Waals surface area contributed by atoms with Crippen molar-refractivity contribution >= 4 is 11.7 Å². The maximum atomic E-state index is 11.2. The first-order valence-electron chi connectivity index (χ1n) is 6.20. The number of rotatable bonds is 7. The quantitative estimate of drug-likeness (QED) is 0.516. The van der Waals surface area contributed by atoms with E-state index in [1.54, 1.807) is 6.92 Å². The second-order valence-electron chi connectivity index (χ2n) is 4.80. The highest BCUT2D eigenvalue weighted by atomic mass is 16.6. The first-order chi connectivity index (χ1) is 9.34. The highest BCUT2D eigenvalue weighted by Gasteiger charge is 2.25. The number of carbonyl (C=O) groups is 1. The van der Waals surface area contributed by atoms with Crippen LogP contribution in [-0.4, -0.2) is 33.3 Å². The minimum Gasteiger partial charge on any atom is -0.477 e. The van der Waals surface area contributed by atoms with Gasteiger partial charge in [0.15, 0.2) is 0 Å². The maximum Gasteiger partial charge on any atom is 0.343 e. The van der Waals surface area contributed by atoms with Crippen LogP contribution in [0.1, 0.15) is 36.2 Å². The van der Waals surface area contributed by atoms with E-state index in [1.807, 2.05) is 6.92 Å². The molecule has 0 aliphatic rings. The van der Waals surface area contributed by atoms with Crippen molar-refractivity contribution in [1.29, 1.82) is 0 Å². The fourth-order valence-corrected chi connectivity index (χ4v) is 1.73. The zero-order valence-electron chi connectivity index (χ0n) is 11.4. The van der Waals surface area contributed by atoms with Crippen LogP contribution in [0.25, 0.3) is 0 Å². The molecular weight excluding hydrogens is 264 g/mol. The van der Waals surface area contributed by atoms with E-state index < -0.39 is 22.1 Å². The first kappa shape index (κ1) is 16.1. The summed E-state index contributed by atoms with van der Waals surface area (Å²) >= 11 is 0. The molecule has 0 radical (unpaired) electrons. The van der Waals surface area contributed by atoms with Gasteiger partial charge in [0.25, 0.3) is 5.69 Å². The lowest BCUT2D eigenvalue weighted by molar-refractivity contribution is -0.385. The van der Waals surface area contributed by atoms with Crippen molar-refractivity contribution in [2.24, 2.45) is 0 Å². The van der Waals surface area contributed by atoms with E-state index in [1.165, 1.54) is 12.1 Å². The van der Waals surface area contributed by atoms with E-state index in [4.69, 9.17) is 5.11 Å². The zero-order chi connectivity index (χ0) is 15.3. The van der Waals surface area contributed by atoms with Gasteiger partial charge in [-0.25, -0.2) is 4.79 Å². The molecule has 7 nitrogen and oxygen atoms in total. The van der Waals surface area contributed by atoms with Crippen molar-refractivity contribution in [3.63, 3.8) is 0 Å². The summed E-state index contributed by atoms with van der Waals surface area (Å²) in [6.45, 7) is 3.70. The van der Waals surface area contributed by atoms with Gasteiger partial charge in [0.1, 0.15) is 5.56 Å². The van der Waals surface area contributed by atoms with Crippen LogP contribution < -0.4 is 5.32 Å². The Labute approximate surface area is 116 Å². The average molecular weight is 282 g/mol. The van der Waals surface area contributed by atoms with Crippen LogP contribution in [-0.2, 0) is 6.54 Å². The molecule has 0 bridgehead atoms. The van der Waals surface area contributed by atoms with Crippen LogP contribution in [0.3, 0.4) is 0 Å². The Morgan fingerprint density at radius 3 is 2.60 bits per heavy atom. The van der Waals surface area contributed by atoms with Crippen molar-refractivity contribution in [3.05, 3.63) is 39.4 Å². The normalized spacial score (nSPS) is 13.8. The van der Waals surface area contributed by atoms with Gasteiger partial charge >= 0.3 is 5.97 Å². The molecule has 1 rings (SSSR count). The number of aliphatic hydroxyl groups excluding tert-OH is 1. The van der Waals surface area contributed by atoms with Crippen LogP contribution in [0.5, 0.6) is 0 Å². The Bertz CT molecular complexity index is 511. The maximum absolute atomic E-state index is 11.2. The predicted molar refractivity (Wildman–Crippen MR) is 72.7 cm³/mol. The Hall–Kier alpha value is -1.99. The van der Waals surface area contributed by atoms with Crippen LogP contribution in [0.2, 0.25) is 0 Å². The number of carboxylic acids is 1. The second-order valence-corrected chi connectivity index (χ2v) is 4.80. The minimum absolute atomic E-state index is 0.110. The highest BCUT2D eigenvalue weighted by Crippen LogP contribution is 2.23. The van der Waals surface area contributed by atoms with E-state index in [0.717, 1.165) is 6.07 Å². The van der Waals surface area contributed by atoms with Crippen LogP contribution in [0, 0.1) is 10.1 Å². The molecule has 7 heteroatoms. The molecule has 1 unspecified atom stereocenters. The van der Waals surface area contributed by atoms with E-state index in [-0.39, 0.29) is 18.7 Å². The molecule has 0 spiro atoms. The Morgan fingerprint density at radius 2 is 2.15 bits per heavy atom. The molecule has 1 aromatic carbocycles. The predicted octanol–water partition coefficient (Wildman–Crippen LogP) is 1.54. The number of nitro benzene ring substituents is 1. The molecule has 1 atom stereocenters. The smallest absolute Gasteiger partial charge is 0.343 e. The molecule has 0 heterocycles.